The number of rotatable bonds is 5. The number of thiophene rings is 1. The molecule has 0 spiro atoms. The Labute approximate surface area is 149 Å². The molecular weight excluding hydrogens is 338 g/mol. The molecule has 6 heteroatoms. The van der Waals surface area contributed by atoms with Gasteiger partial charge in [0.05, 0.1) is 5.39 Å². The van der Waals surface area contributed by atoms with Crippen molar-refractivity contribution in [3.05, 3.63) is 40.5 Å². The van der Waals surface area contributed by atoms with E-state index in [1.807, 2.05) is 0 Å². The first-order chi connectivity index (χ1) is 11.5. The van der Waals surface area contributed by atoms with Crippen molar-refractivity contribution >= 4 is 39.2 Å². The lowest BCUT2D eigenvalue weighted by Gasteiger charge is -2.08. The van der Waals surface area contributed by atoms with Gasteiger partial charge in [-0.05, 0) is 37.5 Å². The highest BCUT2D eigenvalue weighted by Crippen LogP contribution is 2.41. The van der Waals surface area contributed by atoms with E-state index >= 15 is 0 Å². The van der Waals surface area contributed by atoms with Gasteiger partial charge in [-0.2, -0.15) is 0 Å². The predicted molar refractivity (Wildman–Crippen MR) is 102 cm³/mol. The van der Waals surface area contributed by atoms with Crippen molar-refractivity contribution in [1.29, 1.82) is 0 Å². The van der Waals surface area contributed by atoms with Crippen LogP contribution < -0.4 is 5.73 Å². The first-order valence-corrected chi connectivity index (χ1v) is 9.50. The molecule has 2 heterocycles. The van der Waals surface area contributed by atoms with Crippen molar-refractivity contribution in [2.24, 2.45) is 5.73 Å². The van der Waals surface area contributed by atoms with Crippen LogP contribution in [0.25, 0.3) is 21.3 Å². The summed E-state index contributed by atoms with van der Waals surface area (Å²) >= 11 is 3.24. The van der Waals surface area contributed by atoms with E-state index in [0.29, 0.717) is 12.2 Å². The first-order valence-electron chi connectivity index (χ1n) is 7.70. The minimum absolute atomic E-state index is 0.288. The Morgan fingerprint density at radius 1 is 1.21 bits per heavy atom. The number of hydrogen-bond donors (Lipinski definition) is 1. The van der Waals surface area contributed by atoms with Crippen molar-refractivity contribution in [2.45, 2.75) is 32.2 Å². The van der Waals surface area contributed by atoms with Crippen LogP contribution in [0.3, 0.4) is 0 Å². The minimum atomic E-state index is -0.288. The number of amides is 1. The molecule has 0 aliphatic heterocycles. The number of aromatic nitrogens is 2. The number of nitrogens with two attached hydrogens (primary N) is 1. The van der Waals surface area contributed by atoms with E-state index < -0.39 is 0 Å². The largest absolute Gasteiger partial charge is 0.370 e. The molecule has 1 aromatic carbocycles. The van der Waals surface area contributed by atoms with Crippen LogP contribution in [-0.2, 0) is 4.79 Å². The van der Waals surface area contributed by atoms with Crippen molar-refractivity contribution in [2.75, 3.05) is 5.75 Å². The van der Waals surface area contributed by atoms with E-state index in [1.165, 1.54) is 27.1 Å². The summed E-state index contributed by atoms with van der Waals surface area (Å²) in [6, 6.07) is 6.52. The number of thioether (sulfide) groups is 1. The molecule has 24 heavy (non-hydrogen) atoms. The van der Waals surface area contributed by atoms with E-state index in [0.717, 1.165) is 15.2 Å². The van der Waals surface area contributed by atoms with Gasteiger partial charge in [-0.3, -0.25) is 4.79 Å². The number of aryl methyl sites for hydroxylation is 3. The summed E-state index contributed by atoms with van der Waals surface area (Å²) in [5, 5.41) is 2.00. The monoisotopic (exact) mass is 357 g/mol. The fourth-order valence-corrected chi connectivity index (χ4v) is 4.66. The Morgan fingerprint density at radius 3 is 2.71 bits per heavy atom. The van der Waals surface area contributed by atoms with Gasteiger partial charge in [-0.1, -0.05) is 18.2 Å². The van der Waals surface area contributed by atoms with E-state index in [4.69, 9.17) is 5.73 Å². The lowest BCUT2D eigenvalue weighted by Crippen LogP contribution is -2.10. The zero-order chi connectivity index (χ0) is 17.3. The molecule has 1 amide bonds. The second kappa shape index (κ2) is 6.91. The molecule has 3 aromatic rings. The fourth-order valence-electron chi connectivity index (χ4n) is 2.62. The standard InChI is InChI=1S/C18H19N3OS2/c1-10-4-5-13(8-11(10)2)15-12(3)24-18-16(15)17(20-9-21-18)23-7-6-14(19)22/h4-5,8-9H,6-7H2,1-3H3,(H2,19,22). The minimum Gasteiger partial charge on any atom is -0.370 e. The third-order valence-corrected chi connectivity index (χ3v) is 6.02. The lowest BCUT2D eigenvalue weighted by atomic mass is 9.99. The smallest absolute Gasteiger partial charge is 0.218 e. The molecule has 0 saturated heterocycles. The van der Waals surface area contributed by atoms with Crippen LogP contribution in [0.15, 0.2) is 29.6 Å². The topological polar surface area (TPSA) is 68.9 Å². The number of fused-ring (bicyclic) bond motifs is 1. The highest BCUT2D eigenvalue weighted by atomic mass is 32.2. The quantitative estimate of drug-likeness (QED) is 0.547. The number of hydrogen-bond acceptors (Lipinski definition) is 5. The van der Waals surface area contributed by atoms with Crippen molar-refractivity contribution < 1.29 is 4.79 Å². The molecule has 0 aliphatic carbocycles. The number of nitrogens with zero attached hydrogens (tertiary/aromatic N) is 2. The van der Waals surface area contributed by atoms with Crippen molar-refractivity contribution in [1.82, 2.24) is 9.97 Å². The van der Waals surface area contributed by atoms with Crippen LogP contribution in [-0.4, -0.2) is 21.6 Å². The van der Waals surface area contributed by atoms with E-state index in [9.17, 15) is 4.79 Å². The maximum absolute atomic E-state index is 11.0. The molecule has 2 N–H and O–H groups in total. The van der Waals surface area contributed by atoms with Gasteiger partial charge in [0.1, 0.15) is 16.2 Å². The van der Waals surface area contributed by atoms with Gasteiger partial charge in [0.2, 0.25) is 5.91 Å². The molecule has 0 aliphatic rings. The molecule has 124 valence electrons. The van der Waals surface area contributed by atoms with Gasteiger partial charge in [0.25, 0.3) is 0 Å². The van der Waals surface area contributed by atoms with E-state index in [-0.39, 0.29) is 5.91 Å². The summed E-state index contributed by atoms with van der Waals surface area (Å²) in [5.74, 6) is 0.339. The van der Waals surface area contributed by atoms with Crippen molar-refractivity contribution in [3.8, 4) is 11.1 Å². The Hall–Kier alpha value is -1.92. The number of benzene rings is 1. The van der Waals surface area contributed by atoms with Gasteiger partial charge in [-0.15, -0.1) is 23.1 Å². The predicted octanol–water partition coefficient (Wildman–Crippen LogP) is 4.25. The Balaban J connectivity index is 2.11. The zero-order valence-corrected chi connectivity index (χ0v) is 15.6. The Morgan fingerprint density at radius 2 is 2.00 bits per heavy atom. The molecule has 0 unspecified atom stereocenters. The summed E-state index contributed by atoms with van der Waals surface area (Å²) < 4.78 is 0. The lowest BCUT2D eigenvalue weighted by molar-refractivity contribution is -0.117. The summed E-state index contributed by atoms with van der Waals surface area (Å²) in [4.78, 5) is 22.1. The molecule has 0 radical (unpaired) electrons. The molecule has 2 aromatic heterocycles. The molecule has 0 atom stereocenters. The van der Waals surface area contributed by atoms with Crippen molar-refractivity contribution in [3.63, 3.8) is 0 Å². The molecule has 4 nitrogen and oxygen atoms in total. The fraction of sp³-hybridized carbons (Fsp3) is 0.278. The average Bonchev–Trinajstić information content (AvgIpc) is 2.86. The van der Waals surface area contributed by atoms with Crippen LogP contribution in [0.4, 0.5) is 0 Å². The maximum Gasteiger partial charge on any atom is 0.218 e. The number of carbonyl (C=O) groups is 1. The van der Waals surface area contributed by atoms with Gasteiger partial charge in [-0.25, -0.2) is 9.97 Å². The highest BCUT2D eigenvalue weighted by molar-refractivity contribution is 7.99. The molecule has 0 saturated carbocycles. The van der Waals surface area contributed by atoms with Gasteiger partial charge < -0.3 is 5.73 Å². The molecular formula is C18H19N3OS2. The Bertz CT molecular complexity index is 918. The summed E-state index contributed by atoms with van der Waals surface area (Å²) in [6.07, 6.45) is 1.94. The van der Waals surface area contributed by atoms with Crippen LogP contribution in [0.1, 0.15) is 22.4 Å². The molecule has 0 fully saturated rings. The van der Waals surface area contributed by atoms with Gasteiger partial charge in [0.15, 0.2) is 0 Å². The average molecular weight is 358 g/mol. The van der Waals surface area contributed by atoms with Gasteiger partial charge >= 0.3 is 0 Å². The van der Waals surface area contributed by atoms with Crippen LogP contribution >= 0.6 is 23.1 Å². The van der Waals surface area contributed by atoms with Crippen LogP contribution in [0, 0.1) is 20.8 Å². The SMILES string of the molecule is Cc1ccc(-c2c(C)sc3ncnc(SCCC(N)=O)c23)cc1C. The zero-order valence-electron chi connectivity index (χ0n) is 13.9. The normalized spacial score (nSPS) is 11.1. The third-order valence-electron chi connectivity index (χ3n) is 4.01. The van der Waals surface area contributed by atoms with Crippen LogP contribution in [0.2, 0.25) is 0 Å². The second-order valence-electron chi connectivity index (χ2n) is 5.76. The van der Waals surface area contributed by atoms with E-state index in [1.54, 1.807) is 29.4 Å². The second-order valence-corrected chi connectivity index (χ2v) is 8.04. The van der Waals surface area contributed by atoms with Crippen LogP contribution in [0.5, 0.6) is 0 Å². The van der Waals surface area contributed by atoms with Gasteiger partial charge in [0, 0.05) is 22.6 Å². The number of carbonyl (C=O) groups excluding carboxylic acids is 1. The summed E-state index contributed by atoms with van der Waals surface area (Å²) in [5.41, 5.74) is 10.2. The summed E-state index contributed by atoms with van der Waals surface area (Å²) in [7, 11) is 0. The number of primary amides is 1. The Kier molecular flexibility index (Phi) is 4.87. The first kappa shape index (κ1) is 16.9. The highest BCUT2D eigenvalue weighted by Gasteiger charge is 2.17. The third kappa shape index (κ3) is 3.30. The summed E-state index contributed by atoms with van der Waals surface area (Å²) in [6.45, 7) is 6.36. The maximum atomic E-state index is 11.0. The molecule has 0 bridgehead atoms. The molecule has 3 rings (SSSR count). The van der Waals surface area contributed by atoms with E-state index in [2.05, 4.69) is 48.9 Å².